The van der Waals surface area contributed by atoms with Crippen molar-refractivity contribution in [1.82, 2.24) is 10.6 Å². The molecule has 0 spiro atoms. The van der Waals surface area contributed by atoms with Crippen LogP contribution in [-0.2, 0) is 19.1 Å². The predicted molar refractivity (Wildman–Crippen MR) is 77.8 cm³/mol. The van der Waals surface area contributed by atoms with Crippen LogP contribution in [0, 0.1) is 0 Å². The van der Waals surface area contributed by atoms with Gasteiger partial charge in [0.25, 0.3) is 0 Å². The average Bonchev–Trinajstić information content (AvgIpc) is 2.73. The molecule has 2 rings (SSSR count). The zero-order valence-electron chi connectivity index (χ0n) is 12.8. The fourth-order valence-electron chi connectivity index (χ4n) is 3.20. The van der Waals surface area contributed by atoms with Crippen LogP contribution in [0.4, 0.5) is 0 Å². The fraction of sp³-hybridized carbons (Fsp3) is 0.867. The summed E-state index contributed by atoms with van der Waals surface area (Å²) in [6.07, 6.45) is 5.76. The first-order valence-electron chi connectivity index (χ1n) is 7.87. The van der Waals surface area contributed by atoms with Gasteiger partial charge in [-0.2, -0.15) is 0 Å². The predicted octanol–water partition coefficient (Wildman–Crippen LogP) is 0.747. The Morgan fingerprint density at radius 2 is 2.00 bits per heavy atom. The van der Waals surface area contributed by atoms with Gasteiger partial charge in [0.1, 0.15) is 5.54 Å². The lowest BCUT2D eigenvalue weighted by Gasteiger charge is -2.32. The first-order valence-corrected chi connectivity index (χ1v) is 7.87. The number of rotatable bonds is 4. The van der Waals surface area contributed by atoms with E-state index in [4.69, 9.17) is 9.47 Å². The standard InChI is InChI=1S/C15H26N2O4/c1-20-14(19)15(6-4-2-3-5-7-15)17-13(18)10-12-11-21-9-8-16-12/h12,16H,2-11H2,1H3,(H,17,18). The van der Waals surface area contributed by atoms with Gasteiger partial charge >= 0.3 is 5.97 Å². The highest BCUT2D eigenvalue weighted by atomic mass is 16.5. The van der Waals surface area contributed by atoms with Gasteiger partial charge in [-0.3, -0.25) is 4.79 Å². The van der Waals surface area contributed by atoms with Crippen molar-refractivity contribution < 1.29 is 19.1 Å². The number of carbonyl (C=O) groups is 2. The van der Waals surface area contributed by atoms with Crippen molar-refractivity contribution in [2.24, 2.45) is 0 Å². The van der Waals surface area contributed by atoms with E-state index in [2.05, 4.69) is 10.6 Å². The molecule has 21 heavy (non-hydrogen) atoms. The number of hydrogen-bond donors (Lipinski definition) is 2. The maximum absolute atomic E-state index is 12.3. The average molecular weight is 298 g/mol. The zero-order valence-corrected chi connectivity index (χ0v) is 12.8. The topological polar surface area (TPSA) is 76.7 Å². The first kappa shape index (κ1) is 16.2. The molecule has 0 bridgehead atoms. The summed E-state index contributed by atoms with van der Waals surface area (Å²) in [5, 5.41) is 6.21. The van der Waals surface area contributed by atoms with Gasteiger partial charge in [0.05, 0.1) is 20.3 Å². The summed E-state index contributed by atoms with van der Waals surface area (Å²) >= 11 is 0. The second-order valence-electron chi connectivity index (χ2n) is 5.97. The Morgan fingerprint density at radius 1 is 1.29 bits per heavy atom. The second-order valence-corrected chi connectivity index (χ2v) is 5.97. The van der Waals surface area contributed by atoms with Gasteiger partial charge in [-0.1, -0.05) is 25.7 Å². The minimum atomic E-state index is -0.835. The molecule has 0 radical (unpaired) electrons. The minimum Gasteiger partial charge on any atom is -0.467 e. The third-order valence-electron chi connectivity index (χ3n) is 4.34. The summed E-state index contributed by atoms with van der Waals surface area (Å²) in [5.74, 6) is -0.420. The van der Waals surface area contributed by atoms with E-state index >= 15 is 0 Å². The van der Waals surface area contributed by atoms with Crippen LogP contribution in [0.2, 0.25) is 0 Å². The van der Waals surface area contributed by atoms with Gasteiger partial charge in [-0.25, -0.2) is 4.79 Å². The maximum Gasteiger partial charge on any atom is 0.331 e. The van der Waals surface area contributed by atoms with Crippen molar-refractivity contribution in [3.63, 3.8) is 0 Å². The van der Waals surface area contributed by atoms with Gasteiger partial charge in [0.2, 0.25) is 5.91 Å². The number of amides is 1. The third kappa shape index (κ3) is 4.41. The highest BCUT2D eigenvalue weighted by Crippen LogP contribution is 2.28. The highest BCUT2D eigenvalue weighted by Gasteiger charge is 2.41. The van der Waals surface area contributed by atoms with E-state index in [1.807, 2.05) is 0 Å². The fourth-order valence-corrected chi connectivity index (χ4v) is 3.20. The lowest BCUT2D eigenvalue weighted by molar-refractivity contribution is -0.152. The zero-order chi connectivity index (χ0) is 15.1. The third-order valence-corrected chi connectivity index (χ3v) is 4.34. The largest absolute Gasteiger partial charge is 0.467 e. The molecule has 1 saturated carbocycles. The molecule has 1 saturated heterocycles. The molecule has 6 nitrogen and oxygen atoms in total. The summed E-state index contributed by atoms with van der Waals surface area (Å²) in [6.45, 7) is 1.99. The normalized spacial score (nSPS) is 25.7. The number of morpholine rings is 1. The number of carbonyl (C=O) groups excluding carboxylic acids is 2. The molecular weight excluding hydrogens is 272 g/mol. The van der Waals surface area contributed by atoms with E-state index in [0.717, 1.165) is 32.2 Å². The van der Waals surface area contributed by atoms with Gasteiger partial charge in [-0.05, 0) is 12.8 Å². The van der Waals surface area contributed by atoms with Crippen molar-refractivity contribution in [2.45, 2.75) is 56.5 Å². The molecule has 120 valence electrons. The van der Waals surface area contributed by atoms with E-state index in [0.29, 0.717) is 32.5 Å². The number of ether oxygens (including phenoxy) is 2. The van der Waals surface area contributed by atoms with Gasteiger partial charge in [0.15, 0.2) is 0 Å². The van der Waals surface area contributed by atoms with E-state index < -0.39 is 5.54 Å². The summed E-state index contributed by atoms with van der Waals surface area (Å²) in [4.78, 5) is 24.5. The van der Waals surface area contributed by atoms with Crippen LogP contribution in [0.1, 0.15) is 44.9 Å². The number of nitrogens with one attached hydrogen (secondary N) is 2. The first-order chi connectivity index (χ1) is 10.2. The SMILES string of the molecule is COC(=O)C1(NC(=O)CC2COCCN2)CCCCCC1. The summed E-state index contributed by atoms with van der Waals surface area (Å²) in [7, 11) is 1.39. The van der Waals surface area contributed by atoms with Crippen LogP contribution in [0.3, 0.4) is 0 Å². The molecule has 2 fully saturated rings. The Labute approximate surface area is 125 Å². The van der Waals surface area contributed by atoms with E-state index in [1.54, 1.807) is 0 Å². The quantitative estimate of drug-likeness (QED) is 0.591. The van der Waals surface area contributed by atoms with Crippen molar-refractivity contribution in [3.8, 4) is 0 Å². The Balaban J connectivity index is 1.96. The van der Waals surface area contributed by atoms with Gasteiger partial charge in [0, 0.05) is 19.0 Å². The summed E-state index contributed by atoms with van der Waals surface area (Å²) in [6, 6.07) is 0.0271. The maximum atomic E-state index is 12.3. The van der Waals surface area contributed by atoms with Gasteiger partial charge in [-0.15, -0.1) is 0 Å². The summed E-state index contributed by atoms with van der Waals surface area (Å²) < 4.78 is 10.3. The Bertz CT molecular complexity index is 359. The lowest BCUT2D eigenvalue weighted by atomic mass is 9.89. The Morgan fingerprint density at radius 3 is 2.57 bits per heavy atom. The van der Waals surface area contributed by atoms with E-state index in [-0.39, 0.29) is 17.9 Å². The van der Waals surface area contributed by atoms with Crippen LogP contribution < -0.4 is 10.6 Å². The number of methoxy groups -OCH3 is 1. The van der Waals surface area contributed by atoms with Crippen molar-refractivity contribution in [2.75, 3.05) is 26.9 Å². The molecule has 2 N–H and O–H groups in total. The van der Waals surface area contributed by atoms with Crippen LogP contribution in [0.5, 0.6) is 0 Å². The van der Waals surface area contributed by atoms with E-state index in [9.17, 15) is 9.59 Å². The molecule has 6 heteroatoms. The molecule has 1 aliphatic carbocycles. The van der Waals surface area contributed by atoms with Crippen LogP contribution >= 0.6 is 0 Å². The monoisotopic (exact) mass is 298 g/mol. The highest BCUT2D eigenvalue weighted by molar-refractivity contribution is 5.88. The van der Waals surface area contributed by atoms with Gasteiger partial charge < -0.3 is 20.1 Å². The minimum absolute atomic E-state index is 0.0271. The molecule has 1 unspecified atom stereocenters. The van der Waals surface area contributed by atoms with Crippen LogP contribution in [0.25, 0.3) is 0 Å². The molecule has 0 aromatic carbocycles. The van der Waals surface area contributed by atoms with Crippen LogP contribution in [-0.4, -0.2) is 50.3 Å². The van der Waals surface area contributed by atoms with Crippen molar-refractivity contribution >= 4 is 11.9 Å². The van der Waals surface area contributed by atoms with Crippen molar-refractivity contribution in [1.29, 1.82) is 0 Å². The van der Waals surface area contributed by atoms with Crippen molar-refractivity contribution in [3.05, 3.63) is 0 Å². The Kier molecular flexibility index (Phi) is 5.99. The molecule has 1 atom stereocenters. The van der Waals surface area contributed by atoms with Crippen LogP contribution in [0.15, 0.2) is 0 Å². The molecule has 1 aliphatic heterocycles. The molecular formula is C15H26N2O4. The smallest absolute Gasteiger partial charge is 0.331 e. The number of hydrogen-bond acceptors (Lipinski definition) is 5. The van der Waals surface area contributed by atoms with E-state index in [1.165, 1.54) is 7.11 Å². The molecule has 0 aromatic rings. The number of esters is 1. The lowest BCUT2D eigenvalue weighted by Crippen LogP contribution is -2.56. The second kappa shape index (κ2) is 7.75. The molecule has 1 heterocycles. The summed E-state index contributed by atoms with van der Waals surface area (Å²) in [5.41, 5.74) is -0.835. The molecule has 0 aromatic heterocycles. The molecule has 2 aliphatic rings. The molecule has 1 amide bonds. The Hall–Kier alpha value is -1.14.